The fraction of sp³-hybridized carbons (Fsp3) is 0.889. The van der Waals surface area contributed by atoms with E-state index in [2.05, 4.69) is 20.1 Å². The van der Waals surface area contributed by atoms with Gasteiger partial charge in [0.25, 0.3) is 0 Å². The maximum Gasteiger partial charge on any atom is 0.115 e. The summed E-state index contributed by atoms with van der Waals surface area (Å²) in [6, 6.07) is 0.574. The first-order valence-corrected chi connectivity index (χ1v) is 5.18. The van der Waals surface area contributed by atoms with Gasteiger partial charge in [0.1, 0.15) is 5.84 Å². The number of nitrogens with zero attached hydrogens (tertiary/aromatic N) is 3. The molecule has 1 atom stereocenters. The van der Waals surface area contributed by atoms with Gasteiger partial charge in [-0.1, -0.05) is 0 Å². The average Bonchev–Trinajstić information content (AvgIpc) is 2.72. The van der Waals surface area contributed by atoms with E-state index in [9.17, 15) is 0 Å². The topological polar surface area (TPSA) is 30.9 Å². The highest BCUT2D eigenvalue weighted by Gasteiger charge is 2.35. The largest absolute Gasteiger partial charge is 0.371 e. The van der Waals surface area contributed by atoms with Crippen molar-refractivity contribution in [3.8, 4) is 0 Å². The highest BCUT2D eigenvalue weighted by atomic mass is 15.4. The number of piperazine rings is 3. The molecule has 13 heavy (non-hydrogen) atoms. The van der Waals surface area contributed by atoms with Crippen molar-refractivity contribution >= 4 is 5.84 Å². The highest BCUT2D eigenvalue weighted by molar-refractivity contribution is 5.89. The molecule has 0 radical (unpaired) electrons. The minimum Gasteiger partial charge on any atom is -0.371 e. The third kappa shape index (κ3) is 1.25. The lowest BCUT2D eigenvalue weighted by atomic mass is 10.1. The predicted molar refractivity (Wildman–Crippen MR) is 52.1 cm³/mol. The quantitative estimate of drug-likeness (QED) is 0.561. The summed E-state index contributed by atoms with van der Waals surface area (Å²) >= 11 is 0. The van der Waals surface area contributed by atoms with E-state index in [1.54, 1.807) is 0 Å². The number of nitrogens with one attached hydrogen (secondary N) is 1. The van der Waals surface area contributed by atoms with Gasteiger partial charge in [-0.05, 0) is 0 Å². The smallest absolute Gasteiger partial charge is 0.115 e. The van der Waals surface area contributed by atoms with Crippen molar-refractivity contribution in [2.45, 2.75) is 6.04 Å². The Morgan fingerprint density at radius 2 is 2.08 bits per heavy atom. The lowest BCUT2D eigenvalue weighted by Gasteiger charge is -2.47. The minimum absolute atomic E-state index is 0.574. The van der Waals surface area contributed by atoms with Crippen LogP contribution in [0.4, 0.5) is 0 Å². The van der Waals surface area contributed by atoms with E-state index in [1.165, 1.54) is 38.6 Å². The molecule has 0 saturated carbocycles. The first-order chi connectivity index (χ1) is 6.43. The monoisotopic (exact) mass is 180 g/mol. The second-order valence-corrected chi connectivity index (χ2v) is 4.05. The van der Waals surface area contributed by atoms with Gasteiger partial charge < -0.3 is 5.32 Å². The van der Waals surface area contributed by atoms with E-state index < -0.39 is 0 Å². The van der Waals surface area contributed by atoms with Crippen molar-refractivity contribution in [2.75, 3.05) is 45.8 Å². The zero-order valence-electron chi connectivity index (χ0n) is 7.87. The Labute approximate surface area is 78.6 Å². The van der Waals surface area contributed by atoms with Crippen LogP contribution in [0.1, 0.15) is 0 Å². The van der Waals surface area contributed by atoms with Gasteiger partial charge in [-0.3, -0.25) is 14.8 Å². The Balaban J connectivity index is 1.77. The Hall–Kier alpha value is -0.610. The molecule has 4 heterocycles. The molecular weight excluding hydrogens is 164 g/mol. The summed E-state index contributed by atoms with van der Waals surface area (Å²) in [5, 5.41) is 3.39. The minimum atomic E-state index is 0.574. The van der Waals surface area contributed by atoms with Crippen molar-refractivity contribution < 1.29 is 0 Å². The first kappa shape index (κ1) is 7.76. The van der Waals surface area contributed by atoms with Crippen molar-refractivity contribution in [3.05, 3.63) is 0 Å². The van der Waals surface area contributed by atoms with E-state index in [1.807, 2.05) is 0 Å². The maximum atomic E-state index is 4.52. The number of hydrogen-bond donors (Lipinski definition) is 1. The van der Waals surface area contributed by atoms with Crippen LogP contribution in [0.2, 0.25) is 0 Å². The van der Waals surface area contributed by atoms with Crippen LogP contribution >= 0.6 is 0 Å². The summed E-state index contributed by atoms with van der Waals surface area (Å²) < 4.78 is 0. The van der Waals surface area contributed by atoms with Gasteiger partial charge >= 0.3 is 0 Å². The third-order valence-electron chi connectivity index (χ3n) is 3.29. The van der Waals surface area contributed by atoms with Crippen LogP contribution in [0.25, 0.3) is 0 Å². The van der Waals surface area contributed by atoms with E-state index >= 15 is 0 Å². The van der Waals surface area contributed by atoms with Gasteiger partial charge in [0.2, 0.25) is 0 Å². The summed E-state index contributed by atoms with van der Waals surface area (Å²) in [4.78, 5) is 9.63. The van der Waals surface area contributed by atoms with Crippen molar-refractivity contribution in [1.82, 2.24) is 15.1 Å². The molecule has 3 fully saturated rings. The molecule has 2 bridgehead atoms. The number of amidine groups is 1. The normalized spacial score (nSPS) is 43.1. The molecule has 3 saturated heterocycles. The summed E-state index contributed by atoms with van der Waals surface area (Å²) in [5.41, 5.74) is 0. The van der Waals surface area contributed by atoms with Crippen LogP contribution in [0.15, 0.2) is 4.99 Å². The maximum absolute atomic E-state index is 4.52. The second kappa shape index (κ2) is 2.96. The van der Waals surface area contributed by atoms with Crippen LogP contribution in [0.3, 0.4) is 0 Å². The van der Waals surface area contributed by atoms with Gasteiger partial charge in [-0.2, -0.15) is 0 Å². The third-order valence-corrected chi connectivity index (χ3v) is 3.29. The molecule has 0 aromatic heterocycles. The zero-order chi connectivity index (χ0) is 8.67. The van der Waals surface area contributed by atoms with Crippen LogP contribution in [0.5, 0.6) is 0 Å². The van der Waals surface area contributed by atoms with E-state index in [-0.39, 0.29) is 0 Å². The molecule has 4 nitrogen and oxygen atoms in total. The van der Waals surface area contributed by atoms with Gasteiger partial charge in [0, 0.05) is 39.3 Å². The molecule has 0 amide bonds. The molecule has 4 aliphatic rings. The molecule has 4 aliphatic heterocycles. The molecule has 0 spiro atoms. The Bertz CT molecular complexity index is 230. The molecule has 0 aromatic rings. The van der Waals surface area contributed by atoms with Crippen LogP contribution in [0, 0.1) is 0 Å². The fourth-order valence-corrected chi connectivity index (χ4v) is 2.52. The van der Waals surface area contributed by atoms with Crippen molar-refractivity contribution in [3.63, 3.8) is 0 Å². The molecule has 0 aromatic carbocycles. The molecule has 4 heteroatoms. The molecule has 1 N–H and O–H groups in total. The Morgan fingerprint density at radius 3 is 2.62 bits per heavy atom. The first-order valence-electron chi connectivity index (χ1n) is 5.18. The Kier molecular flexibility index (Phi) is 1.77. The summed E-state index contributed by atoms with van der Waals surface area (Å²) in [6.07, 6.45) is 0. The van der Waals surface area contributed by atoms with Gasteiger partial charge in [0.05, 0.1) is 12.6 Å². The predicted octanol–water partition coefficient (Wildman–Crippen LogP) is -1.01. The second-order valence-electron chi connectivity index (χ2n) is 4.05. The fourth-order valence-electron chi connectivity index (χ4n) is 2.52. The van der Waals surface area contributed by atoms with Crippen LogP contribution in [-0.4, -0.2) is 67.5 Å². The van der Waals surface area contributed by atoms with Crippen molar-refractivity contribution in [1.29, 1.82) is 0 Å². The van der Waals surface area contributed by atoms with E-state index in [0.717, 1.165) is 13.1 Å². The highest BCUT2D eigenvalue weighted by Crippen LogP contribution is 2.16. The van der Waals surface area contributed by atoms with E-state index in [4.69, 9.17) is 0 Å². The van der Waals surface area contributed by atoms with Gasteiger partial charge in [0.15, 0.2) is 0 Å². The SMILES string of the molecule is C1CNC(C2CN3CCN2CC3)=N1. The number of rotatable bonds is 1. The summed E-state index contributed by atoms with van der Waals surface area (Å²) in [6.45, 7) is 8.16. The number of aliphatic imine (C=N–C) groups is 1. The molecule has 72 valence electrons. The van der Waals surface area contributed by atoms with Gasteiger partial charge in [-0.25, -0.2) is 0 Å². The lowest BCUT2D eigenvalue weighted by Crippen LogP contribution is -2.64. The standard InChI is InChI=1S/C9H16N4/c1-2-11-9(10-1)8-7-12-3-5-13(8)6-4-12/h8H,1-7H2,(H,10,11). The summed E-state index contributed by atoms with van der Waals surface area (Å²) in [7, 11) is 0. The lowest BCUT2D eigenvalue weighted by molar-refractivity contribution is 0.0399. The van der Waals surface area contributed by atoms with Crippen LogP contribution in [-0.2, 0) is 0 Å². The van der Waals surface area contributed by atoms with Gasteiger partial charge in [-0.15, -0.1) is 0 Å². The molecule has 0 aliphatic carbocycles. The molecule has 4 rings (SSSR count). The van der Waals surface area contributed by atoms with Crippen LogP contribution < -0.4 is 5.32 Å². The zero-order valence-corrected chi connectivity index (χ0v) is 7.87. The molecular formula is C9H16N4. The molecule has 1 unspecified atom stereocenters. The summed E-state index contributed by atoms with van der Waals surface area (Å²) in [5.74, 6) is 1.24. The Morgan fingerprint density at radius 1 is 1.23 bits per heavy atom. The van der Waals surface area contributed by atoms with Crippen molar-refractivity contribution in [2.24, 2.45) is 4.99 Å². The number of fused-ring (bicyclic) bond motifs is 3. The average molecular weight is 180 g/mol. The number of hydrogen-bond acceptors (Lipinski definition) is 4. The van der Waals surface area contributed by atoms with E-state index in [0.29, 0.717) is 6.04 Å².